The molecule has 1 rings (SSSR count). The van der Waals surface area contributed by atoms with Crippen LogP contribution in [0.25, 0.3) is 0 Å². The molecule has 4 nitrogen and oxygen atoms in total. The summed E-state index contributed by atoms with van der Waals surface area (Å²) >= 11 is 0. The standard InChI is InChI=1S/C13H22O4/c1-8(2)6-10(16-9(3)14)12-13(4,5)7-11(15)17-12/h8,10,12H,6-7H2,1-5H3. The smallest absolute Gasteiger partial charge is 0.306 e. The van der Waals surface area contributed by atoms with Gasteiger partial charge in [0, 0.05) is 12.3 Å². The zero-order valence-corrected chi connectivity index (χ0v) is 11.3. The molecule has 0 aromatic rings. The molecule has 0 amide bonds. The Hall–Kier alpha value is -1.06. The molecule has 1 aliphatic rings. The van der Waals surface area contributed by atoms with E-state index in [0.29, 0.717) is 18.8 Å². The van der Waals surface area contributed by atoms with Gasteiger partial charge in [-0.25, -0.2) is 0 Å². The van der Waals surface area contributed by atoms with Gasteiger partial charge in [-0.1, -0.05) is 27.7 Å². The predicted molar refractivity (Wildman–Crippen MR) is 63.3 cm³/mol. The number of hydrogen-bond donors (Lipinski definition) is 0. The molecule has 0 aromatic heterocycles. The summed E-state index contributed by atoms with van der Waals surface area (Å²) in [5, 5.41) is 0. The molecule has 1 saturated heterocycles. The van der Waals surface area contributed by atoms with Crippen molar-refractivity contribution in [3.8, 4) is 0 Å². The van der Waals surface area contributed by atoms with Crippen LogP contribution < -0.4 is 0 Å². The quantitative estimate of drug-likeness (QED) is 0.710. The van der Waals surface area contributed by atoms with Crippen molar-refractivity contribution in [3.05, 3.63) is 0 Å². The van der Waals surface area contributed by atoms with Gasteiger partial charge < -0.3 is 9.47 Å². The number of carbonyl (C=O) groups is 2. The van der Waals surface area contributed by atoms with Crippen molar-refractivity contribution < 1.29 is 19.1 Å². The van der Waals surface area contributed by atoms with Crippen molar-refractivity contribution in [1.29, 1.82) is 0 Å². The summed E-state index contributed by atoms with van der Waals surface area (Å²) in [4.78, 5) is 22.5. The molecule has 0 radical (unpaired) electrons. The largest absolute Gasteiger partial charge is 0.459 e. The predicted octanol–water partition coefficient (Wildman–Crippen LogP) is 2.31. The summed E-state index contributed by atoms with van der Waals surface area (Å²) in [5.41, 5.74) is -0.272. The Balaban J connectivity index is 2.81. The Morgan fingerprint density at radius 2 is 2.12 bits per heavy atom. The van der Waals surface area contributed by atoms with Crippen LogP contribution in [0.1, 0.15) is 47.5 Å². The second-order valence-corrected chi connectivity index (χ2v) is 5.85. The van der Waals surface area contributed by atoms with Gasteiger partial charge in [0.25, 0.3) is 0 Å². The van der Waals surface area contributed by atoms with Crippen LogP contribution >= 0.6 is 0 Å². The van der Waals surface area contributed by atoms with Gasteiger partial charge in [-0.05, 0) is 12.3 Å². The molecule has 0 bridgehead atoms. The van der Waals surface area contributed by atoms with Crippen molar-refractivity contribution in [2.24, 2.45) is 11.3 Å². The number of esters is 2. The van der Waals surface area contributed by atoms with Crippen LogP contribution in [0.4, 0.5) is 0 Å². The van der Waals surface area contributed by atoms with Gasteiger partial charge in [-0.2, -0.15) is 0 Å². The van der Waals surface area contributed by atoms with Gasteiger partial charge in [0.1, 0.15) is 12.2 Å². The summed E-state index contributed by atoms with van der Waals surface area (Å²) in [6.07, 6.45) is 0.421. The lowest BCUT2D eigenvalue weighted by molar-refractivity contribution is -0.164. The van der Waals surface area contributed by atoms with E-state index in [-0.39, 0.29) is 29.6 Å². The van der Waals surface area contributed by atoms with E-state index >= 15 is 0 Å². The zero-order chi connectivity index (χ0) is 13.2. The van der Waals surface area contributed by atoms with E-state index in [1.165, 1.54) is 6.92 Å². The van der Waals surface area contributed by atoms with Crippen molar-refractivity contribution >= 4 is 11.9 Å². The monoisotopic (exact) mass is 242 g/mol. The maximum absolute atomic E-state index is 11.4. The highest BCUT2D eigenvalue weighted by atomic mass is 16.6. The van der Waals surface area contributed by atoms with Crippen LogP contribution in [0.2, 0.25) is 0 Å². The third-order valence-corrected chi connectivity index (χ3v) is 2.99. The minimum Gasteiger partial charge on any atom is -0.459 e. The topological polar surface area (TPSA) is 52.6 Å². The van der Waals surface area contributed by atoms with Crippen LogP contribution in [0.5, 0.6) is 0 Å². The summed E-state index contributed by atoms with van der Waals surface area (Å²) in [6.45, 7) is 9.44. The molecule has 1 aliphatic heterocycles. The second kappa shape index (κ2) is 5.07. The summed E-state index contributed by atoms with van der Waals surface area (Å²) < 4.78 is 10.6. The van der Waals surface area contributed by atoms with Crippen LogP contribution in [0, 0.1) is 11.3 Å². The highest BCUT2D eigenvalue weighted by molar-refractivity contribution is 5.73. The number of ether oxygens (including phenoxy) is 2. The molecule has 98 valence electrons. The zero-order valence-electron chi connectivity index (χ0n) is 11.3. The Labute approximate surface area is 103 Å². The average molecular weight is 242 g/mol. The summed E-state index contributed by atoms with van der Waals surface area (Å²) in [6, 6.07) is 0. The fourth-order valence-corrected chi connectivity index (χ4v) is 2.31. The lowest BCUT2D eigenvalue weighted by Crippen LogP contribution is -2.40. The lowest BCUT2D eigenvalue weighted by Gasteiger charge is -2.31. The maximum atomic E-state index is 11.4. The molecule has 0 saturated carbocycles. The molecular weight excluding hydrogens is 220 g/mol. The second-order valence-electron chi connectivity index (χ2n) is 5.85. The number of cyclic esters (lactones) is 1. The van der Waals surface area contributed by atoms with Gasteiger partial charge in [0.2, 0.25) is 0 Å². The first-order valence-corrected chi connectivity index (χ1v) is 6.09. The number of carbonyl (C=O) groups excluding carboxylic acids is 2. The Kier molecular flexibility index (Phi) is 4.17. The minimum atomic E-state index is -0.339. The molecule has 0 spiro atoms. The fourth-order valence-electron chi connectivity index (χ4n) is 2.31. The molecule has 0 aliphatic carbocycles. The first-order valence-electron chi connectivity index (χ1n) is 6.09. The molecule has 2 atom stereocenters. The first kappa shape index (κ1) is 14.0. The molecule has 17 heavy (non-hydrogen) atoms. The molecule has 0 aromatic carbocycles. The minimum absolute atomic E-state index is 0.207. The highest BCUT2D eigenvalue weighted by Crippen LogP contribution is 2.38. The van der Waals surface area contributed by atoms with Gasteiger partial charge >= 0.3 is 11.9 Å². The van der Waals surface area contributed by atoms with E-state index in [1.54, 1.807) is 0 Å². The molecular formula is C13H22O4. The molecule has 0 N–H and O–H groups in total. The van der Waals surface area contributed by atoms with E-state index in [0.717, 1.165) is 0 Å². The van der Waals surface area contributed by atoms with Gasteiger partial charge in [0.05, 0.1) is 6.42 Å². The van der Waals surface area contributed by atoms with Crippen LogP contribution in [0.15, 0.2) is 0 Å². The average Bonchev–Trinajstić information content (AvgIpc) is 2.36. The summed E-state index contributed by atoms with van der Waals surface area (Å²) in [7, 11) is 0. The lowest BCUT2D eigenvalue weighted by atomic mass is 9.81. The van der Waals surface area contributed by atoms with Gasteiger partial charge in [0.15, 0.2) is 0 Å². The van der Waals surface area contributed by atoms with Crippen LogP contribution in [-0.4, -0.2) is 24.1 Å². The van der Waals surface area contributed by atoms with Crippen molar-refractivity contribution in [1.82, 2.24) is 0 Å². The van der Waals surface area contributed by atoms with E-state index in [9.17, 15) is 9.59 Å². The van der Waals surface area contributed by atoms with E-state index in [1.807, 2.05) is 13.8 Å². The van der Waals surface area contributed by atoms with Crippen molar-refractivity contribution in [2.45, 2.75) is 59.7 Å². The molecule has 4 heteroatoms. The van der Waals surface area contributed by atoms with Crippen molar-refractivity contribution in [2.75, 3.05) is 0 Å². The molecule has 2 unspecified atom stereocenters. The SMILES string of the molecule is CC(=O)OC(CC(C)C)C1OC(=O)CC1(C)C. The Morgan fingerprint density at radius 1 is 1.53 bits per heavy atom. The number of rotatable bonds is 4. The van der Waals surface area contributed by atoms with E-state index in [4.69, 9.17) is 9.47 Å². The maximum Gasteiger partial charge on any atom is 0.306 e. The van der Waals surface area contributed by atoms with E-state index in [2.05, 4.69) is 13.8 Å². The van der Waals surface area contributed by atoms with Gasteiger partial charge in [-0.3, -0.25) is 9.59 Å². The number of hydrogen-bond acceptors (Lipinski definition) is 4. The third-order valence-electron chi connectivity index (χ3n) is 2.99. The van der Waals surface area contributed by atoms with Gasteiger partial charge in [-0.15, -0.1) is 0 Å². The Morgan fingerprint density at radius 3 is 2.47 bits per heavy atom. The normalized spacial score (nSPS) is 24.6. The highest BCUT2D eigenvalue weighted by Gasteiger charge is 2.47. The fraction of sp³-hybridized carbons (Fsp3) is 0.846. The third kappa shape index (κ3) is 3.72. The van der Waals surface area contributed by atoms with Crippen molar-refractivity contribution in [3.63, 3.8) is 0 Å². The first-order chi connectivity index (χ1) is 7.72. The van der Waals surface area contributed by atoms with Crippen LogP contribution in [-0.2, 0) is 19.1 Å². The molecule has 1 heterocycles. The van der Waals surface area contributed by atoms with Crippen LogP contribution in [0.3, 0.4) is 0 Å². The molecule has 1 fully saturated rings. The summed E-state index contributed by atoms with van der Waals surface area (Å²) in [5.74, 6) is -0.148. The van der Waals surface area contributed by atoms with E-state index < -0.39 is 0 Å². The Bertz CT molecular complexity index is 307.